The van der Waals surface area contributed by atoms with Crippen LogP contribution in [0.25, 0.3) is 0 Å². The van der Waals surface area contributed by atoms with Gasteiger partial charge in [0.05, 0.1) is 5.71 Å². The Morgan fingerprint density at radius 2 is 1.60 bits per heavy atom. The molecule has 0 saturated carbocycles. The lowest BCUT2D eigenvalue weighted by atomic mass is 10.1. The number of primary amides is 2. The summed E-state index contributed by atoms with van der Waals surface area (Å²) in [6.45, 7) is 1.69. The highest BCUT2D eigenvalue weighted by Gasteiger charge is 2.06. The summed E-state index contributed by atoms with van der Waals surface area (Å²) in [6, 6.07) is 7.68. The largest absolute Gasteiger partial charge is 0.350 e. The summed E-state index contributed by atoms with van der Waals surface area (Å²) in [5.41, 5.74) is 16.1. The van der Waals surface area contributed by atoms with E-state index >= 15 is 0 Å². The number of nitrogens with two attached hydrogens (primary N) is 2. The van der Waals surface area contributed by atoms with Gasteiger partial charge < -0.3 is 11.5 Å². The predicted octanol–water partition coefficient (Wildman–Crippen LogP) is 0.493. The van der Waals surface area contributed by atoms with Gasteiger partial charge in [0.2, 0.25) is 0 Å². The zero-order chi connectivity index (χ0) is 15.0. The summed E-state index contributed by atoms with van der Waals surface area (Å²) in [5.74, 6) is 0. The molecule has 1 aromatic rings. The fourth-order valence-corrected chi connectivity index (χ4v) is 1.39. The molecule has 106 valence electrons. The van der Waals surface area contributed by atoms with E-state index in [-0.39, 0.29) is 0 Å². The van der Waals surface area contributed by atoms with Gasteiger partial charge in [0, 0.05) is 12.1 Å². The Morgan fingerprint density at radius 3 is 2.15 bits per heavy atom. The first-order chi connectivity index (χ1) is 9.49. The van der Waals surface area contributed by atoms with Crippen LogP contribution in [0.15, 0.2) is 40.5 Å². The van der Waals surface area contributed by atoms with Crippen LogP contribution in [0.3, 0.4) is 0 Å². The van der Waals surface area contributed by atoms with Gasteiger partial charge in [-0.25, -0.2) is 20.4 Å². The highest BCUT2D eigenvalue weighted by molar-refractivity contribution is 6.12. The molecule has 0 aliphatic carbocycles. The van der Waals surface area contributed by atoms with Crippen molar-refractivity contribution in [3.8, 4) is 0 Å². The molecular formula is C12H16N6O2. The van der Waals surface area contributed by atoms with Gasteiger partial charge in [-0.15, -0.1) is 0 Å². The topological polar surface area (TPSA) is 135 Å². The highest BCUT2D eigenvalue weighted by Crippen LogP contribution is 2.05. The summed E-state index contributed by atoms with van der Waals surface area (Å²) in [5, 5.41) is 7.71. The van der Waals surface area contributed by atoms with E-state index in [9.17, 15) is 9.59 Å². The quantitative estimate of drug-likeness (QED) is 0.460. The molecule has 20 heavy (non-hydrogen) atoms. The van der Waals surface area contributed by atoms with Crippen LogP contribution >= 0.6 is 0 Å². The molecule has 0 aliphatic heterocycles. The molecule has 0 saturated heterocycles. The molecule has 0 aliphatic rings. The van der Waals surface area contributed by atoms with E-state index in [1.807, 2.05) is 30.3 Å². The van der Waals surface area contributed by atoms with E-state index in [1.54, 1.807) is 6.92 Å². The molecule has 8 nitrogen and oxygen atoms in total. The number of benzene rings is 1. The Morgan fingerprint density at radius 1 is 1.05 bits per heavy atom. The van der Waals surface area contributed by atoms with Crippen molar-refractivity contribution in [3.05, 3.63) is 35.9 Å². The fraction of sp³-hybridized carbons (Fsp3) is 0.167. The zero-order valence-electron chi connectivity index (χ0n) is 11.0. The molecule has 8 heteroatoms. The third-order valence-electron chi connectivity index (χ3n) is 2.19. The van der Waals surface area contributed by atoms with Gasteiger partial charge in [-0.1, -0.05) is 30.3 Å². The van der Waals surface area contributed by atoms with Crippen LogP contribution in [-0.4, -0.2) is 23.5 Å². The van der Waals surface area contributed by atoms with Crippen LogP contribution in [0.4, 0.5) is 9.59 Å². The lowest BCUT2D eigenvalue weighted by Crippen LogP contribution is -2.27. The molecule has 6 N–H and O–H groups in total. The van der Waals surface area contributed by atoms with Crippen molar-refractivity contribution in [2.75, 3.05) is 0 Å². The average Bonchev–Trinajstić information content (AvgIpc) is 2.42. The molecule has 0 aromatic heterocycles. The molecule has 0 unspecified atom stereocenters. The number of amides is 4. The van der Waals surface area contributed by atoms with Crippen LogP contribution < -0.4 is 22.3 Å². The maximum absolute atomic E-state index is 10.7. The van der Waals surface area contributed by atoms with E-state index in [0.717, 1.165) is 5.56 Å². The summed E-state index contributed by atoms with van der Waals surface area (Å²) in [7, 11) is 0. The second kappa shape index (κ2) is 7.52. The number of nitrogens with one attached hydrogen (secondary N) is 2. The van der Waals surface area contributed by atoms with Gasteiger partial charge in [0.15, 0.2) is 0 Å². The van der Waals surface area contributed by atoms with Crippen molar-refractivity contribution < 1.29 is 9.59 Å². The summed E-state index contributed by atoms with van der Waals surface area (Å²) in [4.78, 5) is 21.3. The number of nitrogens with zero attached hydrogens (tertiary/aromatic N) is 2. The SMILES string of the molecule is C/C(C/C(=N\NC(N)=O)c1ccccc1)=N/NC(N)=O. The lowest BCUT2D eigenvalue weighted by Gasteiger charge is -2.07. The first-order valence-corrected chi connectivity index (χ1v) is 5.75. The Balaban J connectivity index is 2.89. The zero-order valence-corrected chi connectivity index (χ0v) is 11.0. The minimum Gasteiger partial charge on any atom is -0.350 e. The monoisotopic (exact) mass is 276 g/mol. The minimum absolute atomic E-state index is 0.310. The van der Waals surface area contributed by atoms with Crippen LogP contribution in [-0.2, 0) is 0 Å². The second-order valence-corrected chi connectivity index (χ2v) is 3.90. The highest BCUT2D eigenvalue weighted by atomic mass is 16.2. The van der Waals surface area contributed by atoms with Gasteiger partial charge in [0.25, 0.3) is 0 Å². The lowest BCUT2D eigenvalue weighted by molar-refractivity contribution is 0.248. The smallest absolute Gasteiger partial charge is 0.332 e. The number of urea groups is 2. The normalized spacial score (nSPS) is 11.8. The van der Waals surface area contributed by atoms with Gasteiger partial charge in [-0.3, -0.25) is 0 Å². The minimum atomic E-state index is -0.761. The van der Waals surface area contributed by atoms with Crippen molar-refractivity contribution in [2.24, 2.45) is 21.7 Å². The first kappa shape index (κ1) is 15.2. The molecule has 0 spiro atoms. The van der Waals surface area contributed by atoms with Crippen molar-refractivity contribution >= 4 is 23.5 Å². The van der Waals surface area contributed by atoms with E-state index < -0.39 is 12.1 Å². The number of hydrogen-bond donors (Lipinski definition) is 4. The number of hydrogen-bond acceptors (Lipinski definition) is 4. The third-order valence-corrected chi connectivity index (χ3v) is 2.19. The molecule has 0 radical (unpaired) electrons. The van der Waals surface area contributed by atoms with Crippen LogP contribution in [0, 0.1) is 0 Å². The van der Waals surface area contributed by atoms with Crippen LogP contribution in [0.5, 0.6) is 0 Å². The summed E-state index contributed by atoms with van der Waals surface area (Å²) < 4.78 is 0. The standard InChI is InChI=1S/C12H16N6O2/c1-8(15-17-11(13)19)7-10(16-18-12(14)20)9-5-3-2-4-6-9/h2-6H,7H2,1H3,(H3,13,17,19)(H3,14,18,20)/b15-8-,16-10+. The maximum Gasteiger partial charge on any atom is 0.332 e. The van der Waals surface area contributed by atoms with E-state index in [2.05, 4.69) is 21.1 Å². The van der Waals surface area contributed by atoms with E-state index in [0.29, 0.717) is 17.8 Å². The molecule has 0 fully saturated rings. The number of rotatable bonds is 5. The molecule has 0 bridgehead atoms. The third kappa shape index (κ3) is 5.63. The van der Waals surface area contributed by atoms with Gasteiger partial charge >= 0.3 is 12.1 Å². The summed E-state index contributed by atoms with van der Waals surface area (Å²) >= 11 is 0. The summed E-state index contributed by atoms with van der Waals surface area (Å²) in [6.07, 6.45) is 0.310. The predicted molar refractivity (Wildman–Crippen MR) is 76.1 cm³/mol. The maximum atomic E-state index is 10.7. The molecule has 4 amide bonds. The molecular weight excluding hydrogens is 260 g/mol. The Hall–Kier alpha value is -2.90. The van der Waals surface area contributed by atoms with Crippen LogP contribution in [0.2, 0.25) is 0 Å². The number of carbonyl (C=O) groups excluding carboxylic acids is 2. The molecule has 1 rings (SSSR count). The second-order valence-electron chi connectivity index (χ2n) is 3.90. The Bertz CT molecular complexity index is 538. The van der Waals surface area contributed by atoms with Gasteiger partial charge in [0.1, 0.15) is 0 Å². The number of hydrazone groups is 2. The van der Waals surface area contributed by atoms with Gasteiger partial charge in [-0.05, 0) is 12.5 Å². The van der Waals surface area contributed by atoms with Gasteiger partial charge in [-0.2, -0.15) is 10.2 Å². The Labute approximate surface area is 115 Å². The van der Waals surface area contributed by atoms with Crippen molar-refractivity contribution in [1.82, 2.24) is 10.9 Å². The Kier molecular flexibility index (Phi) is 5.70. The molecule has 1 aromatic carbocycles. The first-order valence-electron chi connectivity index (χ1n) is 5.75. The van der Waals surface area contributed by atoms with Crippen molar-refractivity contribution in [2.45, 2.75) is 13.3 Å². The van der Waals surface area contributed by atoms with E-state index in [1.165, 1.54) is 0 Å². The van der Waals surface area contributed by atoms with Crippen molar-refractivity contribution in [3.63, 3.8) is 0 Å². The fourth-order valence-electron chi connectivity index (χ4n) is 1.39. The molecule has 0 heterocycles. The van der Waals surface area contributed by atoms with E-state index in [4.69, 9.17) is 11.5 Å². The number of carbonyl (C=O) groups is 2. The molecule has 0 atom stereocenters. The van der Waals surface area contributed by atoms with Crippen LogP contribution in [0.1, 0.15) is 18.9 Å². The van der Waals surface area contributed by atoms with Crippen molar-refractivity contribution in [1.29, 1.82) is 0 Å². The average molecular weight is 276 g/mol.